The summed E-state index contributed by atoms with van der Waals surface area (Å²) >= 11 is 0. The second-order valence-electron chi connectivity index (χ2n) is 8.50. The van der Waals surface area contributed by atoms with Crippen LogP contribution >= 0.6 is 0 Å². The summed E-state index contributed by atoms with van der Waals surface area (Å²) in [5, 5.41) is 3.24. The molecule has 0 bridgehead atoms. The molecule has 3 atom stereocenters. The molecule has 0 spiro atoms. The minimum absolute atomic E-state index is 0.0816. The van der Waals surface area contributed by atoms with Gasteiger partial charge in [0.15, 0.2) is 0 Å². The number of nitrogens with one attached hydrogen (secondary N) is 1. The van der Waals surface area contributed by atoms with E-state index >= 15 is 0 Å². The van der Waals surface area contributed by atoms with Gasteiger partial charge in [0.05, 0.1) is 11.3 Å². The van der Waals surface area contributed by atoms with Crippen LogP contribution in [0.25, 0.3) is 5.65 Å². The third-order valence-electron chi connectivity index (χ3n) is 6.56. The predicted molar refractivity (Wildman–Crippen MR) is 109 cm³/mol. The molecule has 6 heteroatoms. The summed E-state index contributed by atoms with van der Waals surface area (Å²) in [5.41, 5.74) is 3.23. The van der Waals surface area contributed by atoms with Crippen molar-refractivity contribution in [3.8, 4) is 0 Å². The van der Waals surface area contributed by atoms with Crippen molar-refractivity contribution in [1.82, 2.24) is 19.6 Å². The highest BCUT2D eigenvalue weighted by atomic mass is 16.5. The number of nitrogens with zero attached hydrogens (tertiary/aromatic N) is 3. The molecule has 0 radical (unpaired) electrons. The molecule has 1 aliphatic heterocycles. The normalized spacial score (nSPS) is 27.8. The smallest absolute Gasteiger partial charge is 0.220 e. The lowest BCUT2D eigenvalue weighted by atomic mass is 9.78. The van der Waals surface area contributed by atoms with E-state index in [1.165, 1.54) is 5.56 Å². The van der Waals surface area contributed by atoms with Gasteiger partial charge in [-0.3, -0.25) is 9.69 Å². The first kappa shape index (κ1) is 19.4. The number of ether oxygens (including phenoxy) is 1. The highest BCUT2D eigenvalue weighted by molar-refractivity contribution is 5.76. The number of aryl methyl sites for hydroxylation is 1. The van der Waals surface area contributed by atoms with E-state index in [2.05, 4.69) is 46.1 Å². The SMILES string of the molecule is CCCC(=O)N[C@@H]1CC[C@@]2(OC)CCN(Cc3cn4cc(C)ccc4n3)[C@H]2C1. The van der Waals surface area contributed by atoms with Gasteiger partial charge in [-0.1, -0.05) is 13.0 Å². The molecule has 1 aliphatic carbocycles. The van der Waals surface area contributed by atoms with Crippen LogP contribution in [-0.4, -0.2) is 51.5 Å². The van der Waals surface area contributed by atoms with Crippen LogP contribution < -0.4 is 5.32 Å². The molecule has 1 saturated carbocycles. The number of aromatic nitrogens is 2. The van der Waals surface area contributed by atoms with Crippen LogP contribution in [0.15, 0.2) is 24.5 Å². The maximum absolute atomic E-state index is 12.1. The molecule has 152 valence electrons. The minimum atomic E-state index is -0.0816. The predicted octanol–water partition coefficient (Wildman–Crippen LogP) is 3.07. The summed E-state index contributed by atoms with van der Waals surface area (Å²) in [7, 11) is 1.85. The highest BCUT2D eigenvalue weighted by Crippen LogP contribution is 2.43. The third-order valence-corrected chi connectivity index (χ3v) is 6.56. The van der Waals surface area contributed by atoms with Crippen molar-refractivity contribution in [2.75, 3.05) is 13.7 Å². The number of carbonyl (C=O) groups is 1. The first-order valence-corrected chi connectivity index (χ1v) is 10.6. The summed E-state index contributed by atoms with van der Waals surface area (Å²) in [6.45, 7) is 5.99. The molecule has 1 saturated heterocycles. The third kappa shape index (κ3) is 3.67. The van der Waals surface area contributed by atoms with Gasteiger partial charge in [-0.2, -0.15) is 0 Å². The fourth-order valence-corrected chi connectivity index (χ4v) is 5.08. The van der Waals surface area contributed by atoms with Crippen molar-refractivity contribution in [2.24, 2.45) is 0 Å². The van der Waals surface area contributed by atoms with E-state index in [0.717, 1.165) is 56.5 Å². The van der Waals surface area contributed by atoms with Crippen LogP contribution in [0.1, 0.15) is 56.7 Å². The fourth-order valence-electron chi connectivity index (χ4n) is 5.08. The second-order valence-corrected chi connectivity index (χ2v) is 8.50. The van der Waals surface area contributed by atoms with E-state index in [1.807, 2.05) is 14.0 Å². The van der Waals surface area contributed by atoms with Gasteiger partial charge in [0.25, 0.3) is 0 Å². The quantitative estimate of drug-likeness (QED) is 0.832. The van der Waals surface area contributed by atoms with Crippen molar-refractivity contribution in [3.05, 3.63) is 35.8 Å². The highest BCUT2D eigenvalue weighted by Gasteiger charge is 2.51. The Balaban J connectivity index is 1.49. The van der Waals surface area contributed by atoms with E-state index in [1.54, 1.807) is 0 Å². The Labute approximate surface area is 167 Å². The van der Waals surface area contributed by atoms with Crippen LogP contribution in [-0.2, 0) is 16.1 Å². The Morgan fingerprint density at radius 2 is 2.21 bits per heavy atom. The van der Waals surface area contributed by atoms with Gasteiger partial charge < -0.3 is 14.5 Å². The molecule has 3 heterocycles. The van der Waals surface area contributed by atoms with Gasteiger partial charge in [0, 0.05) is 51.1 Å². The Hall–Kier alpha value is -1.92. The van der Waals surface area contributed by atoms with E-state index < -0.39 is 0 Å². The molecule has 2 aromatic rings. The lowest BCUT2D eigenvalue weighted by molar-refractivity contribution is -0.123. The van der Waals surface area contributed by atoms with Gasteiger partial charge in [-0.25, -0.2) is 4.98 Å². The molecular formula is C22H32N4O2. The van der Waals surface area contributed by atoms with Crippen LogP contribution in [0.3, 0.4) is 0 Å². The summed E-state index contributed by atoms with van der Waals surface area (Å²) in [4.78, 5) is 19.4. The monoisotopic (exact) mass is 384 g/mol. The number of hydrogen-bond donors (Lipinski definition) is 1. The molecule has 2 aliphatic rings. The minimum Gasteiger partial charge on any atom is -0.377 e. The van der Waals surface area contributed by atoms with Crippen LogP contribution in [0.2, 0.25) is 0 Å². The van der Waals surface area contributed by atoms with Gasteiger partial charge in [0.2, 0.25) is 5.91 Å². The zero-order chi connectivity index (χ0) is 19.7. The lowest BCUT2D eigenvalue weighted by Crippen LogP contribution is -2.54. The number of fused-ring (bicyclic) bond motifs is 2. The number of imidazole rings is 1. The van der Waals surface area contributed by atoms with Crippen molar-refractivity contribution < 1.29 is 9.53 Å². The average molecular weight is 385 g/mol. The molecule has 6 nitrogen and oxygen atoms in total. The first-order valence-electron chi connectivity index (χ1n) is 10.6. The van der Waals surface area contributed by atoms with Crippen molar-refractivity contribution in [1.29, 1.82) is 0 Å². The van der Waals surface area contributed by atoms with E-state index in [-0.39, 0.29) is 17.6 Å². The maximum atomic E-state index is 12.1. The summed E-state index contributed by atoms with van der Waals surface area (Å²) < 4.78 is 8.18. The van der Waals surface area contributed by atoms with Crippen molar-refractivity contribution in [2.45, 2.75) is 76.6 Å². The number of methoxy groups -OCH3 is 1. The topological polar surface area (TPSA) is 58.9 Å². The average Bonchev–Trinajstić information content (AvgIpc) is 3.23. The zero-order valence-corrected chi connectivity index (χ0v) is 17.3. The number of amides is 1. The fraction of sp³-hybridized carbons (Fsp3) is 0.636. The number of likely N-dealkylation sites (tertiary alicyclic amines) is 1. The van der Waals surface area contributed by atoms with Gasteiger partial charge in [-0.05, 0) is 50.7 Å². The number of hydrogen-bond acceptors (Lipinski definition) is 4. The summed E-state index contributed by atoms with van der Waals surface area (Å²) in [6.07, 6.45) is 9.78. The molecule has 2 aromatic heterocycles. The maximum Gasteiger partial charge on any atom is 0.220 e. The van der Waals surface area contributed by atoms with Gasteiger partial charge >= 0.3 is 0 Å². The van der Waals surface area contributed by atoms with E-state index in [0.29, 0.717) is 12.5 Å². The molecule has 4 rings (SSSR count). The molecule has 28 heavy (non-hydrogen) atoms. The van der Waals surface area contributed by atoms with Gasteiger partial charge in [-0.15, -0.1) is 0 Å². The summed E-state index contributed by atoms with van der Waals surface area (Å²) in [6, 6.07) is 4.74. The molecular weight excluding hydrogens is 352 g/mol. The molecule has 0 aromatic carbocycles. The van der Waals surface area contributed by atoms with E-state index in [9.17, 15) is 4.79 Å². The van der Waals surface area contributed by atoms with Gasteiger partial charge in [0.1, 0.15) is 5.65 Å². The number of carbonyl (C=O) groups excluding carboxylic acids is 1. The summed E-state index contributed by atoms with van der Waals surface area (Å²) in [5.74, 6) is 0.178. The zero-order valence-electron chi connectivity index (χ0n) is 17.3. The van der Waals surface area contributed by atoms with Crippen LogP contribution in [0, 0.1) is 6.92 Å². The van der Waals surface area contributed by atoms with Crippen molar-refractivity contribution >= 4 is 11.6 Å². The molecule has 1 amide bonds. The van der Waals surface area contributed by atoms with E-state index in [4.69, 9.17) is 9.72 Å². The Morgan fingerprint density at radius 3 is 3.00 bits per heavy atom. The van der Waals surface area contributed by atoms with Crippen LogP contribution in [0.4, 0.5) is 0 Å². The number of rotatable bonds is 6. The lowest BCUT2D eigenvalue weighted by Gasteiger charge is -2.44. The second kappa shape index (κ2) is 7.84. The Morgan fingerprint density at radius 1 is 1.36 bits per heavy atom. The molecule has 2 fully saturated rings. The largest absolute Gasteiger partial charge is 0.377 e. The molecule has 1 N–H and O–H groups in total. The number of pyridine rings is 1. The Bertz CT molecular complexity index is 848. The Kier molecular flexibility index (Phi) is 5.43. The standard InChI is InChI=1S/C22H32N4O2/c1-4-5-21(27)24-17-8-9-22(28-3)10-11-25(19(22)12-17)14-18-15-26-13-16(2)6-7-20(26)23-18/h6-7,13,15,17,19H,4-5,8-12,14H2,1-3H3,(H,24,27)/t17-,19+,22-/m1/s1. The molecule has 0 unspecified atom stereocenters. The van der Waals surface area contributed by atoms with Crippen LogP contribution in [0.5, 0.6) is 0 Å². The first-order chi connectivity index (χ1) is 13.5. The van der Waals surface area contributed by atoms with Crippen molar-refractivity contribution in [3.63, 3.8) is 0 Å².